The van der Waals surface area contributed by atoms with E-state index < -0.39 is 0 Å². The Morgan fingerprint density at radius 3 is 2.67 bits per heavy atom. The number of carbonyl (C=O) groups is 1. The SMILES string of the molecule is CCN(C(=O)Cc1ccc(C)c(C)c1)C1CCCC1CN. The van der Waals surface area contributed by atoms with Crippen molar-refractivity contribution in [3.63, 3.8) is 0 Å². The molecule has 1 fully saturated rings. The normalized spacial score (nSPS) is 21.5. The van der Waals surface area contributed by atoms with E-state index in [-0.39, 0.29) is 5.91 Å². The molecule has 1 saturated carbocycles. The van der Waals surface area contributed by atoms with Crippen LogP contribution in [0.5, 0.6) is 0 Å². The van der Waals surface area contributed by atoms with E-state index in [1.54, 1.807) is 0 Å². The molecule has 0 bridgehead atoms. The van der Waals surface area contributed by atoms with E-state index in [9.17, 15) is 4.79 Å². The number of amides is 1. The zero-order valence-electron chi connectivity index (χ0n) is 13.6. The van der Waals surface area contributed by atoms with Gasteiger partial charge in [0.15, 0.2) is 0 Å². The fraction of sp³-hybridized carbons (Fsp3) is 0.611. The van der Waals surface area contributed by atoms with E-state index in [0.29, 0.717) is 24.9 Å². The van der Waals surface area contributed by atoms with Gasteiger partial charge in [0.25, 0.3) is 0 Å². The number of rotatable bonds is 5. The van der Waals surface area contributed by atoms with E-state index in [2.05, 4.69) is 43.9 Å². The van der Waals surface area contributed by atoms with Crippen LogP contribution < -0.4 is 5.73 Å². The highest BCUT2D eigenvalue weighted by Gasteiger charge is 2.32. The molecule has 2 unspecified atom stereocenters. The number of likely N-dealkylation sites (N-methyl/N-ethyl adjacent to an activating group) is 1. The van der Waals surface area contributed by atoms with Gasteiger partial charge >= 0.3 is 0 Å². The molecule has 1 aliphatic rings. The van der Waals surface area contributed by atoms with E-state index in [4.69, 9.17) is 5.73 Å². The molecule has 21 heavy (non-hydrogen) atoms. The Kier molecular flexibility index (Phi) is 5.40. The summed E-state index contributed by atoms with van der Waals surface area (Å²) in [5.41, 5.74) is 9.51. The number of hydrogen-bond donors (Lipinski definition) is 1. The van der Waals surface area contributed by atoms with Crippen molar-refractivity contribution in [2.45, 2.75) is 52.5 Å². The Morgan fingerprint density at radius 2 is 2.05 bits per heavy atom. The highest BCUT2D eigenvalue weighted by molar-refractivity contribution is 5.79. The Morgan fingerprint density at radius 1 is 1.29 bits per heavy atom. The molecular formula is C18H28N2O. The molecule has 1 aromatic rings. The Labute approximate surface area is 128 Å². The van der Waals surface area contributed by atoms with Gasteiger partial charge < -0.3 is 10.6 Å². The first-order valence-corrected chi connectivity index (χ1v) is 8.12. The van der Waals surface area contributed by atoms with E-state index >= 15 is 0 Å². The van der Waals surface area contributed by atoms with Crippen molar-refractivity contribution >= 4 is 5.91 Å². The van der Waals surface area contributed by atoms with Crippen LogP contribution in [-0.4, -0.2) is 29.9 Å². The molecule has 0 aromatic heterocycles. The Bertz CT molecular complexity index is 498. The van der Waals surface area contributed by atoms with Crippen molar-refractivity contribution in [2.75, 3.05) is 13.1 Å². The Hall–Kier alpha value is -1.35. The summed E-state index contributed by atoms with van der Waals surface area (Å²) >= 11 is 0. The molecule has 0 aliphatic heterocycles. The van der Waals surface area contributed by atoms with E-state index in [0.717, 1.165) is 24.9 Å². The van der Waals surface area contributed by atoms with Crippen LogP contribution in [0.15, 0.2) is 18.2 Å². The molecule has 3 nitrogen and oxygen atoms in total. The summed E-state index contributed by atoms with van der Waals surface area (Å²) in [4.78, 5) is 14.7. The lowest BCUT2D eigenvalue weighted by molar-refractivity contribution is -0.133. The van der Waals surface area contributed by atoms with Gasteiger partial charge in [0, 0.05) is 12.6 Å². The minimum absolute atomic E-state index is 0.242. The molecule has 1 aliphatic carbocycles. The molecule has 0 radical (unpaired) electrons. The third kappa shape index (κ3) is 3.65. The molecule has 0 spiro atoms. The number of hydrogen-bond acceptors (Lipinski definition) is 2. The van der Waals surface area contributed by atoms with Crippen molar-refractivity contribution in [3.05, 3.63) is 34.9 Å². The van der Waals surface area contributed by atoms with E-state index in [1.807, 2.05) is 0 Å². The monoisotopic (exact) mass is 288 g/mol. The minimum atomic E-state index is 0.242. The van der Waals surface area contributed by atoms with Gasteiger partial charge in [-0.05, 0) is 62.8 Å². The number of nitrogens with zero attached hydrogens (tertiary/aromatic N) is 1. The average molecular weight is 288 g/mol. The number of nitrogens with two attached hydrogens (primary N) is 1. The van der Waals surface area contributed by atoms with Crippen LogP contribution in [0.25, 0.3) is 0 Å². The molecule has 2 rings (SSSR count). The van der Waals surface area contributed by atoms with Gasteiger partial charge in [-0.25, -0.2) is 0 Å². The molecular weight excluding hydrogens is 260 g/mol. The van der Waals surface area contributed by atoms with Gasteiger partial charge in [-0.2, -0.15) is 0 Å². The molecule has 3 heteroatoms. The van der Waals surface area contributed by atoms with E-state index in [1.165, 1.54) is 17.5 Å². The maximum absolute atomic E-state index is 12.7. The first kappa shape index (κ1) is 16.0. The summed E-state index contributed by atoms with van der Waals surface area (Å²) in [5, 5.41) is 0. The quantitative estimate of drug-likeness (QED) is 0.905. The van der Waals surface area contributed by atoms with Gasteiger partial charge in [-0.3, -0.25) is 4.79 Å². The molecule has 2 atom stereocenters. The van der Waals surface area contributed by atoms with Crippen molar-refractivity contribution in [1.29, 1.82) is 0 Å². The molecule has 1 amide bonds. The third-order valence-corrected chi connectivity index (χ3v) is 4.91. The lowest BCUT2D eigenvalue weighted by atomic mass is 10.00. The molecule has 0 heterocycles. The van der Waals surface area contributed by atoms with Crippen LogP contribution >= 0.6 is 0 Å². The zero-order chi connectivity index (χ0) is 15.4. The number of aryl methyl sites for hydroxylation is 2. The van der Waals surface area contributed by atoms with Crippen LogP contribution in [0, 0.1) is 19.8 Å². The van der Waals surface area contributed by atoms with Gasteiger partial charge in [0.05, 0.1) is 6.42 Å². The van der Waals surface area contributed by atoms with Crippen molar-refractivity contribution in [2.24, 2.45) is 11.7 Å². The smallest absolute Gasteiger partial charge is 0.227 e. The summed E-state index contributed by atoms with van der Waals surface area (Å²) in [6.45, 7) is 7.75. The highest BCUT2D eigenvalue weighted by atomic mass is 16.2. The summed E-state index contributed by atoms with van der Waals surface area (Å²) < 4.78 is 0. The van der Waals surface area contributed by atoms with Crippen molar-refractivity contribution in [3.8, 4) is 0 Å². The van der Waals surface area contributed by atoms with Gasteiger partial charge in [-0.1, -0.05) is 24.6 Å². The average Bonchev–Trinajstić information content (AvgIpc) is 2.92. The summed E-state index contributed by atoms with van der Waals surface area (Å²) in [7, 11) is 0. The predicted molar refractivity (Wildman–Crippen MR) is 87.2 cm³/mol. The topological polar surface area (TPSA) is 46.3 Å². The molecule has 0 saturated heterocycles. The van der Waals surface area contributed by atoms with Crippen LogP contribution in [-0.2, 0) is 11.2 Å². The fourth-order valence-electron chi connectivity index (χ4n) is 3.49. The van der Waals surface area contributed by atoms with Gasteiger partial charge in [-0.15, -0.1) is 0 Å². The number of benzene rings is 1. The molecule has 1 aromatic carbocycles. The highest BCUT2D eigenvalue weighted by Crippen LogP contribution is 2.29. The number of carbonyl (C=O) groups excluding carboxylic acids is 1. The maximum atomic E-state index is 12.7. The van der Waals surface area contributed by atoms with Gasteiger partial charge in [0.1, 0.15) is 0 Å². The van der Waals surface area contributed by atoms with Crippen molar-refractivity contribution in [1.82, 2.24) is 4.90 Å². The van der Waals surface area contributed by atoms with Crippen LogP contribution in [0.1, 0.15) is 42.9 Å². The second-order valence-electron chi connectivity index (χ2n) is 6.27. The first-order valence-electron chi connectivity index (χ1n) is 8.12. The summed E-state index contributed by atoms with van der Waals surface area (Å²) in [6, 6.07) is 6.66. The second-order valence-corrected chi connectivity index (χ2v) is 6.27. The third-order valence-electron chi connectivity index (χ3n) is 4.91. The first-order chi connectivity index (χ1) is 10.1. The predicted octanol–water partition coefficient (Wildman–Crippen LogP) is 2.82. The molecule has 116 valence electrons. The second kappa shape index (κ2) is 7.08. The Balaban J connectivity index is 2.07. The standard InChI is InChI=1S/C18H28N2O/c1-4-20(17-7-5-6-16(17)12-19)18(21)11-15-9-8-13(2)14(3)10-15/h8-10,16-17H,4-7,11-12,19H2,1-3H3. The van der Waals surface area contributed by atoms with Gasteiger partial charge in [0.2, 0.25) is 5.91 Å². The van der Waals surface area contributed by atoms with Crippen LogP contribution in [0.3, 0.4) is 0 Å². The lowest BCUT2D eigenvalue weighted by Gasteiger charge is -2.32. The summed E-state index contributed by atoms with van der Waals surface area (Å²) in [5.74, 6) is 0.722. The minimum Gasteiger partial charge on any atom is -0.339 e. The van der Waals surface area contributed by atoms with Crippen LogP contribution in [0.4, 0.5) is 0 Å². The maximum Gasteiger partial charge on any atom is 0.227 e. The zero-order valence-corrected chi connectivity index (χ0v) is 13.6. The lowest BCUT2D eigenvalue weighted by Crippen LogP contribution is -2.44. The van der Waals surface area contributed by atoms with Crippen LogP contribution in [0.2, 0.25) is 0 Å². The fourth-order valence-corrected chi connectivity index (χ4v) is 3.49. The summed E-state index contributed by atoms with van der Waals surface area (Å²) in [6.07, 6.45) is 3.96. The van der Waals surface area contributed by atoms with Crippen molar-refractivity contribution < 1.29 is 4.79 Å². The largest absolute Gasteiger partial charge is 0.339 e. The molecule has 2 N–H and O–H groups in total.